The first-order valence-corrected chi connectivity index (χ1v) is 8.81. The molecule has 0 amide bonds. The van der Waals surface area contributed by atoms with Crippen LogP contribution in [0.3, 0.4) is 0 Å². The Labute approximate surface area is 165 Å². The Hall–Kier alpha value is -4.01. The predicted molar refractivity (Wildman–Crippen MR) is 102 cm³/mol. The summed E-state index contributed by atoms with van der Waals surface area (Å²) in [5, 5.41) is 15.6. The molecule has 146 valence electrons. The van der Waals surface area contributed by atoms with Gasteiger partial charge in [-0.2, -0.15) is 4.68 Å². The third kappa shape index (κ3) is 3.84. The molecule has 0 unspecified atom stereocenters. The maximum Gasteiger partial charge on any atom is 0.357 e. The Kier molecular flexibility index (Phi) is 5.02. The van der Waals surface area contributed by atoms with Gasteiger partial charge in [0, 0.05) is 11.6 Å². The van der Waals surface area contributed by atoms with E-state index >= 15 is 0 Å². The first-order valence-electron chi connectivity index (χ1n) is 8.81. The van der Waals surface area contributed by atoms with Gasteiger partial charge in [-0.3, -0.25) is 0 Å². The van der Waals surface area contributed by atoms with E-state index in [1.54, 1.807) is 26.0 Å². The number of benzene rings is 1. The van der Waals surface area contributed by atoms with E-state index in [1.165, 1.54) is 17.0 Å². The van der Waals surface area contributed by atoms with Gasteiger partial charge < -0.3 is 13.7 Å². The van der Waals surface area contributed by atoms with Gasteiger partial charge >= 0.3 is 5.97 Å². The van der Waals surface area contributed by atoms with Crippen molar-refractivity contribution in [1.29, 1.82) is 0 Å². The fraction of sp³-hybridized carbons (Fsp3) is 0.150. The number of aryl methyl sites for hydroxylation is 2. The molecule has 0 spiro atoms. The normalized spacial score (nSPS) is 11.6. The van der Waals surface area contributed by atoms with Crippen LogP contribution in [-0.4, -0.2) is 31.3 Å². The molecule has 0 atom stereocenters. The molecule has 0 saturated carbocycles. The molecule has 0 radical (unpaired) electrons. The molecule has 29 heavy (non-hydrogen) atoms. The summed E-state index contributed by atoms with van der Waals surface area (Å²) < 4.78 is 17.3. The van der Waals surface area contributed by atoms with Crippen molar-refractivity contribution >= 4 is 17.7 Å². The van der Waals surface area contributed by atoms with Crippen molar-refractivity contribution in [2.75, 3.05) is 0 Å². The van der Waals surface area contributed by atoms with Gasteiger partial charge in [-0.25, -0.2) is 4.79 Å². The van der Waals surface area contributed by atoms with Gasteiger partial charge in [0.2, 0.25) is 0 Å². The zero-order valence-corrected chi connectivity index (χ0v) is 15.8. The van der Waals surface area contributed by atoms with Crippen LogP contribution in [0.1, 0.15) is 22.8 Å². The number of tetrazole rings is 1. The zero-order valence-electron chi connectivity index (χ0n) is 15.8. The van der Waals surface area contributed by atoms with Gasteiger partial charge in [0.05, 0.1) is 17.5 Å². The number of hydrogen-bond donors (Lipinski definition) is 0. The molecule has 4 aromatic rings. The third-order valence-electron chi connectivity index (χ3n) is 4.29. The van der Waals surface area contributed by atoms with Crippen LogP contribution in [0.15, 0.2) is 57.7 Å². The predicted octanol–water partition coefficient (Wildman–Crippen LogP) is 3.28. The summed E-state index contributed by atoms with van der Waals surface area (Å²) in [4.78, 5) is 13.0. The van der Waals surface area contributed by atoms with Crippen LogP contribution in [-0.2, 0) is 16.1 Å². The summed E-state index contributed by atoms with van der Waals surface area (Å²) in [5.74, 6) is 0.839. The van der Waals surface area contributed by atoms with Crippen LogP contribution < -0.4 is 0 Å². The molecule has 0 aliphatic heterocycles. The fourth-order valence-electron chi connectivity index (χ4n) is 2.75. The monoisotopic (exact) mass is 391 g/mol. The van der Waals surface area contributed by atoms with Gasteiger partial charge in [-0.05, 0) is 36.4 Å². The number of furan rings is 1. The van der Waals surface area contributed by atoms with Crippen molar-refractivity contribution in [3.8, 4) is 11.4 Å². The van der Waals surface area contributed by atoms with Crippen LogP contribution in [0.2, 0.25) is 0 Å². The Morgan fingerprint density at radius 2 is 2.00 bits per heavy atom. The Bertz CT molecular complexity index is 1120. The highest BCUT2D eigenvalue weighted by molar-refractivity contribution is 6.15. The minimum atomic E-state index is -0.620. The van der Waals surface area contributed by atoms with Crippen molar-refractivity contribution in [3.63, 3.8) is 0 Å². The smallest absolute Gasteiger partial charge is 0.357 e. The summed E-state index contributed by atoms with van der Waals surface area (Å²) in [6, 6.07) is 12.7. The van der Waals surface area contributed by atoms with Crippen molar-refractivity contribution < 1.29 is 18.5 Å². The van der Waals surface area contributed by atoms with Gasteiger partial charge in [0.1, 0.15) is 18.1 Å². The zero-order chi connectivity index (χ0) is 20.2. The lowest BCUT2D eigenvalue weighted by Crippen LogP contribution is -2.15. The number of carbonyl (C=O) groups is 1. The Morgan fingerprint density at radius 3 is 2.69 bits per heavy atom. The van der Waals surface area contributed by atoms with Crippen molar-refractivity contribution in [2.45, 2.75) is 20.5 Å². The van der Waals surface area contributed by atoms with E-state index in [0.29, 0.717) is 23.0 Å². The number of aromatic nitrogens is 5. The molecule has 9 nitrogen and oxygen atoms in total. The minimum Gasteiger partial charge on any atom is -0.465 e. The van der Waals surface area contributed by atoms with Crippen LogP contribution in [0.5, 0.6) is 0 Å². The highest BCUT2D eigenvalue weighted by atomic mass is 16.5. The summed E-state index contributed by atoms with van der Waals surface area (Å²) in [6.07, 6.45) is 3.04. The topological polar surface area (TPSA) is 109 Å². The third-order valence-corrected chi connectivity index (χ3v) is 4.29. The summed E-state index contributed by atoms with van der Waals surface area (Å²) in [7, 11) is 0. The van der Waals surface area contributed by atoms with Crippen molar-refractivity contribution in [1.82, 2.24) is 25.4 Å². The summed E-state index contributed by atoms with van der Waals surface area (Å²) in [6.45, 7) is 3.56. The van der Waals surface area contributed by atoms with Crippen molar-refractivity contribution in [3.05, 3.63) is 71.5 Å². The van der Waals surface area contributed by atoms with Crippen molar-refractivity contribution in [2.24, 2.45) is 0 Å². The molecule has 0 fully saturated rings. The van der Waals surface area contributed by atoms with E-state index < -0.39 is 5.97 Å². The molecule has 1 aromatic carbocycles. The second-order valence-electron chi connectivity index (χ2n) is 6.20. The standard InChI is InChI=1S/C20H17N5O4/c1-13-17(14(2)29-22-13)12-28-20(26)18(11-16-9-6-10-27-16)25-19(21-23-24-25)15-7-4-3-5-8-15/h3-11H,12H2,1-2H3/b18-11-. The number of hydrogen-bond acceptors (Lipinski definition) is 8. The number of nitrogens with zero attached hydrogens (tertiary/aromatic N) is 5. The first kappa shape index (κ1) is 18.4. The molecular formula is C20H17N5O4. The average Bonchev–Trinajstić information content (AvgIpc) is 3.48. The van der Waals surface area contributed by atoms with Crippen LogP contribution >= 0.6 is 0 Å². The van der Waals surface area contributed by atoms with E-state index in [2.05, 4.69) is 20.7 Å². The maximum absolute atomic E-state index is 13.0. The molecular weight excluding hydrogens is 374 g/mol. The molecule has 0 saturated heterocycles. The number of rotatable bonds is 6. The lowest BCUT2D eigenvalue weighted by atomic mass is 10.2. The van der Waals surface area contributed by atoms with Crippen LogP contribution in [0.25, 0.3) is 23.2 Å². The summed E-state index contributed by atoms with van der Waals surface area (Å²) in [5.41, 5.74) is 2.24. The SMILES string of the molecule is Cc1noc(C)c1COC(=O)/C(=C/c1ccco1)n1nnnc1-c1ccccc1. The molecule has 9 heteroatoms. The van der Waals surface area contributed by atoms with E-state index in [1.807, 2.05) is 30.3 Å². The van der Waals surface area contributed by atoms with E-state index in [0.717, 1.165) is 11.1 Å². The van der Waals surface area contributed by atoms with Gasteiger partial charge in [0.25, 0.3) is 0 Å². The molecule has 3 aromatic heterocycles. The van der Waals surface area contributed by atoms with Crippen LogP contribution in [0, 0.1) is 13.8 Å². The minimum absolute atomic E-state index is 0.0122. The second-order valence-corrected chi connectivity index (χ2v) is 6.20. The van der Waals surface area contributed by atoms with Gasteiger partial charge in [-0.1, -0.05) is 35.5 Å². The molecule has 3 heterocycles. The second kappa shape index (κ2) is 7.93. The molecule has 0 aliphatic carbocycles. The van der Waals surface area contributed by atoms with Gasteiger partial charge in [0.15, 0.2) is 11.5 Å². The maximum atomic E-state index is 13.0. The molecule has 4 rings (SSSR count). The number of esters is 1. The van der Waals surface area contributed by atoms with Gasteiger partial charge in [-0.15, -0.1) is 5.10 Å². The lowest BCUT2D eigenvalue weighted by molar-refractivity contribution is -0.138. The highest BCUT2D eigenvalue weighted by Gasteiger charge is 2.22. The summed E-state index contributed by atoms with van der Waals surface area (Å²) >= 11 is 0. The number of carbonyl (C=O) groups excluding carboxylic acids is 1. The molecule has 0 N–H and O–H groups in total. The van der Waals surface area contributed by atoms with E-state index in [9.17, 15) is 4.79 Å². The molecule has 0 aliphatic rings. The largest absolute Gasteiger partial charge is 0.465 e. The number of ether oxygens (including phenoxy) is 1. The lowest BCUT2D eigenvalue weighted by Gasteiger charge is -2.09. The average molecular weight is 391 g/mol. The van der Waals surface area contributed by atoms with Crippen LogP contribution in [0.4, 0.5) is 0 Å². The van der Waals surface area contributed by atoms with E-state index in [-0.39, 0.29) is 12.3 Å². The fourth-order valence-corrected chi connectivity index (χ4v) is 2.75. The molecule has 0 bridgehead atoms. The Balaban J connectivity index is 1.69. The first-order chi connectivity index (χ1) is 14.1. The van der Waals surface area contributed by atoms with E-state index in [4.69, 9.17) is 13.7 Å². The highest BCUT2D eigenvalue weighted by Crippen LogP contribution is 2.22. The quantitative estimate of drug-likeness (QED) is 0.364. The Morgan fingerprint density at radius 1 is 1.17 bits per heavy atom.